The molecule has 0 saturated heterocycles. The minimum absolute atomic E-state index is 0.339. The summed E-state index contributed by atoms with van der Waals surface area (Å²) in [7, 11) is 0. The summed E-state index contributed by atoms with van der Waals surface area (Å²) < 4.78 is 1.93. The number of anilines is 2. The van der Waals surface area contributed by atoms with Gasteiger partial charge in [-0.2, -0.15) is 0 Å². The summed E-state index contributed by atoms with van der Waals surface area (Å²) in [5.41, 5.74) is 9.43. The second-order valence-corrected chi connectivity index (χ2v) is 6.63. The molecule has 3 N–H and O–H groups in total. The lowest BCUT2D eigenvalue weighted by Crippen LogP contribution is -2.15. The van der Waals surface area contributed by atoms with Crippen molar-refractivity contribution in [2.45, 2.75) is 13.8 Å². The highest BCUT2D eigenvalue weighted by Gasteiger charge is 2.12. The third-order valence-corrected chi connectivity index (χ3v) is 4.13. The van der Waals surface area contributed by atoms with Gasteiger partial charge in [0.05, 0.1) is 11.3 Å². The fourth-order valence-electron chi connectivity index (χ4n) is 1.96. The zero-order valence-corrected chi connectivity index (χ0v) is 15.0. The van der Waals surface area contributed by atoms with Gasteiger partial charge in [-0.15, -0.1) is 0 Å². The van der Waals surface area contributed by atoms with Gasteiger partial charge in [0, 0.05) is 14.6 Å². The van der Waals surface area contributed by atoms with Crippen LogP contribution in [0.5, 0.6) is 0 Å². The van der Waals surface area contributed by atoms with E-state index in [-0.39, 0.29) is 0 Å². The predicted octanol–water partition coefficient (Wildman–Crippen LogP) is 4.60. The van der Waals surface area contributed by atoms with E-state index in [1.165, 1.54) is 0 Å². The van der Waals surface area contributed by atoms with Crippen LogP contribution in [0.4, 0.5) is 11.5 Å². The van der Waals surface area contributed by atoms with Crippen molar-refractivity contribution >= 4 is 60.6 Å². The molecule has 0 spiro atoms. The van der Waals surface area contributed by atoms with Crippen molar-refractivity contribution in [3.63, 3.8) is 0 Å². The van der Waals surface area contributed by atoms with Crippen LogP contribution in [-0.2, 0) is 0 Å². The number of pyridine rings is 1. The maximum absolute atomic E-state index is 5.81. The van der Waals surface area contributed by atoms with Gasteiger partial charge < -0.3 is 11.1 Å². The van der Waals surface area contributed by atoms with Crippen molar-refractivity contribution in [1.29, 1.82) is 0 Å². The molecule has 3 nitrogen and oxygen atoms in total. The number of hydrogen-bond acceptors (Lipinski definition) is 3. The smallest absolute Gasteiger partial charge is 0.141 e. The number of nitrogens with zero attached hydrogens (tertiary/aromatic N) is 1. The van der Waals surface area contributed by atoms with E-state index in [2.05, 4.69) is 42.2 Å². The Morgan fingerprint density at radius 3 is 2.55 bits per heavy atom. The van der Waals surface area contributed by atoms with Crippen molar-refractivity contribution in [1.82, 2.24) is 4.98 Å². The van der Waals surface area contributed by atoms with E-state index in [0.717, 1.165) is 31.5 Å². The lowest BCUT2D eigenvalue weighted by molar-refractivity contribution is 1.17. The number of hydrogen-bond donors (Lipinski definition) is 2. The fraction of sp³-hybridized carbons (Fsp3) is 0.143. The van der Waals surface area contributed by atoms with Crippen LogP contribution in [0.15, 0.2) is 33.2 Å². The largest absolute Gasteiger partial charge is 0.389 e. The first-order chi connectivity index (χ1) is 9.38. The van der Waals surface area contributed by atoms with Gasteiger partial charge in [-0.1, -0.05) is 28.1 Å². The van der Waals surface area contributed by atoms with E-state index in [9.17, 15) is 0 Å². The summed E-state index contributed by atoms with van der Waals surface area (Å²) in [6, 6.07) is 7.84. The number of nitrogens with one attached hydrogen (secondary N) is 1. The summed E-state index contributed by atoms with van der Waals surface area (Å²) >= 11 is 12.1. The van der Waals surface area contributed by atoms with Gasteiger partial charge in [0.25, 0.3) is 0 Å². The molecule has 0 amide bonds. The van der Waals surface area contributed by atoms with Crippen molar-refractivity contribution in [2.24, 2.45) is 5.73 Å². The first-order valence-corrected chi connectivity index (χ1v) is 7.88. The van der Waals surface area contributed by atoms with Crippen LogP contribution in [0, 0.1) is 13.8 Å². The van der Waals surface area contributed by atoms with Gasteiger partial charge in [0.15, 0.2) is 0 Å². The van der Waals surface area contributed by atoms with Gasteiger partial charge >= 0.3 is 0 Å². The van der Waals surface area contributed by atoms with Crippen LogP contribution in [0.1, 0.15) is 16.8 Å². The molecule has 0 aliphatic heterocycles. The number of thiocarbonyl (C=S) groups is 1. The van der Waals surface area contributed by atoms with Gasteiger partial charge in [0.2, 0.25) is 0 Å². The minimum atomic E-state index is 0.339. The highest BCUT2D eigenvalue weighted by Crippen LogP contribution is 2.30. The molecule has 2 aromatic rings. The van der Waals surface area contributed by atoms with E-state index < -0.39 is 0 Å². The molecule has 0 aliphatic carbocycles. The van der Waals surface area contributed by atoms with Gasteiger partial charge in [-0.05, 0) is 59.6 Å². The minimum Gasteiger partial charge on any atom is -0.389 e. The van der Waals surface area contributed by atoms with E-state index in [4.69, 9.17) is 18.0 Å². The highest BCUT2D eigenvalue weighted by atomic mass is 79.9. The molecule has 104 valence electrons. The molecular formula is C14H13Br2N3S. The summed E-state index contributed by atoms with van der Waals surface area (Å²) in [5.74, 6) is 0.679. The van der Waals surface area contributed by atoms with Gasteiger partial charge in [-0.3, -0.25) is 0 Å². The first kappa shape index (κ1) is 15.4. The molecule has 1 aromatic carbocycles. The Labute approximate surface area is 140 Å². The summed E-state index contributed by atoms with van der Waals surface area (Å²) in [6.45, 7) is 3.92. The topological polar surface area (TPSA) is 50.9 Å². The van der Waals surface area contributed by atoms with Crippen LogP contribution in [-0.4, -0.2) is 9.97 Å². The lowest BCUT2D eigenvalue weighted by atomic mass is 10.1. The van der Waals surface area contributed by atoms with Crippen molar-refractivity contribution in [3.05, 3.63) is 50.0 Å². The number of nitrogens with two attached hydrogens (primary N) is 1. The highest BCUT2D eigenvalue weighted by molar-refractivity contribution is 9.11. The first-order valence-electron chi connectivity index (χ1n) is 5.88. The Morgan fingerprint density at radius 2 is 1.95 bits per heavy atom. The number of halogens is 2. The Bertz CT molecular complexity index is 686. The summed E-state index contributed by atoms with van der Waals surface area (Å²) in [6.07, 6.45) is 0. The van der Waals surface area contributed by atoms with Crippen LogP contribution >= 0.6 is 44.1 Å². The summed E-state index contributed by atoms with van der Waals surface area (Å²) in [5, 5.41) is 3.28. The Morgan fingerprint density at radius 1 is 1.25 bits per heavy atom. The van der Waals surface area contributed by atoms with Crippen LogP contribution in [0.2, 0.25) is 0 Å². The average molecular weight is 415 g/mol. The molecular weight excluding hydrogens is 402 g/mol. The molecule has 0 bridgehead atoms. The number of aryl methyl sites for hydroxylation is 2. The molecule has 0 aliphatic rings. The standard InChI is InChI=1S/C14H13Br2N3S/c1-7-5-8(2)18-14(12(7)13(17)20)19-11-4-3-9(15)6-10(11)16/h3-6H,1-2H3,(H2,17,20)(H,18,19). The van der Waals surface area contributed by atoms with Crippen LogP contribution < -0.4 is 11.1 Å². The van der Waals surface area contributed by atoms with Crippen molar-refractivity contribution in [3.8, 4) is 0 Å². The quantitative estimate of drug-likeness (QED) is 0.720. The maximum Gasteiger partial charge on any atom is 0.141 e. The molecule has 6 heteroatoms. The zero-order valence-electron chi connectivity index (χ0n) is 11.0. The normalized spacial score (nSPS) is 10.4. The average Bonchev–Trinajstić information content (AvgIpc) is 2.31. The number of benzene rings is 1. The second kappa shape index (κ2) is 6.20. The molecule has 1 heterocycles. The van der Waals surface area contributed by atoms with Crippen LogP contribution in [0.25, 0.3) is 0 Å². The van der Waals surface area contributed by atoms with E-state index in [0.29, 0.717) is 10.8 Å². The van der Waals surface area contributed by atoms with Gasteiger partial charge in [0.1, 0.15) is 10.8 Å². The predicted molar refractivity (Wildman–Crippen MR) is 94.7 cm³/mol. The molecule has 2 rings (SSSR count). The SMILES string of the molecule is Cc1cc(C)c(C(N)=S)c(Nc2ccc(Br)cc2Br)n1. The Balaban J connectivity index is 2.50. The molecule has 0 unspecified atom stereocenters. The maximum atomic E-state index is 5.81. The monoisotopic (exact) mass is 413 g/mol. The fourth-order valence-corrected chi connectivity index (χ4v) is 3.36. The van der Waals surface area contributed by atoms with E-state index in [1.807, 2.05) is 38.1 Å². The molecule has 1 aromatic heterocycles. The third kappa shape index (κ3) is 3.37. The van der Waals surface area contributed by atoms with Gasteiger partial charge in [-0.25, -0.2) is 4.98 Å². The summed E-state index contributed by atoms with van der Waals surface area (Å²) in [4.78, 5) is 4.84. The Kier molecular flexibility index (Phi) is 4.78. The second-order valence-electron chi connectivity index (χ2n) is 4.42. The van der Waals surface area contributed by atoms with E-state index >= 15 is 0 Å². The molecule has 0 atom stereocenters. The molecule has 0 saturated carbocycles. The molecule has 0 radical (unpaired) electrons. The van der Waals surface area contributed by atoms with Crippen molar-refractivity contribution in [2.75, 3.05) is 5.32 Å². The van der Waals surface area contributed by atoms with Crippen molar-refractivity contribution < 1.29 is 0 Å². The number of rotatable bonds is 3. The molecule has 20 heavy (non-hydrogen) atoms. The zero-order chi connectivity index (χ0) is 14.9. The lowest BCUT2D eigenvalue weighted by Gasteiger charge is -2.15. The molecule has 0 fully saturated rings. The van der Waals surface area contributed by atoms with E-state index in [1.54, 1.807) is 0 Å². The number of aromatic nitrogens is 1. The Hall–Kier alpha value is -0.980. The third-order valence-electron chi connectivity index (χ3n) is 2.78. The van der Waals surface area contributed by atoms with Crippen LogP contribution in [0.3, 0.4) is 0 Å².